The van der Waals surface area contributed by atoms with Crippen molar-refractivity contribution in [2.45, 2.75) is 44.6 Å². The predicted molar refractivity (Wildman–Crippen MR) is 133 cm³/mol. The molecule has 1 aromatic carbocycles. The first-order chi connectivity index (χ1) is 16.6. The maximum atomic E-state index is 12.2. The Morgan fingerprint density at radius 1 is 1.06 bits per heavy atom. The van der Waals surface area contributed by atoms with Gasteiger partial charge in [0.2, 0.25) is 5.95 Å². The van der Waals surface area contributed by atoms with Crippen molar-refractivity contribution in [3.8, 4) is 11.8 Å². The number of benzene rings is 1. The van der Waals surface area contributed by atoms with Crippen LogP contribution in [-0.4, -0.2) is 26.9 Å². The molecule has 4 N–H and O–H groups in total. The Bertz CT molecular complexity index is 1300. The van der Waals surface area contributed by atoms with Gasteiger partial charge in [-0.25, -0.2) is 9.97 Å². The monoisotopic (exact) mass is 450 g/mol. The van der Waals surface area contributed by atoms with Gasteiger partial charge in [0.05, 0.1) is 0 Å². The van der Waals surface area contributed by atoms with Gasteiger partial charge in [0.15, 0.2) is 0 Å². The smallest absolute Gasteiger partial charge is 0.251 e. The zero-order valence-electron chi connectivity index (χ0n) is 18.8. The third kappa shape index (κ3) is 5.41. The summed E-state index contributed by atoms with van der Waals surface area (Å²) in [5, 5.41) is 6.17. The normalized spacial score (nSPS) is 15.0. The van der Waals surface area contributed by atoms with Crippen LogP contribution >= 0.6 is 0 Å². The SMILES string of the molecule is Nc1nc(Nc2ccc(C#Cc3cc(C(=O)NC4CC4)ccn3)cc2)ncc1C1=CCCCC1. The first-order valence-corrected chi connectivity index (χ1v) is 11.6. The quantitative estimate of drug-likeness (QED) is 0.496. The highest BCUT2D eigenvalue weighted by atomic mass is 16.1. The number of carbonyl (C=O) groups is 1. The van der Waals surface area contributed by atoms with Crippen LogP contribution in [0.15, 0.2) is 54.9 Å². The molecule has 7 heteroatoms. The van der Waals surface area contributed by atoms with E-state index in [1.807, 2.05) is 24.3 Å². The van der Waals surface area contributed by atoms with Crippen molar-refractivity contribution >= 4 is 28.9 Å². The molecule has 170 valence electrons. The van der Waals surface area contributed by atoms with Crippen LogP contribution in [0.4, 0.5) is 17.5 Å². The Balaban J connectivity index is 1.23. The summed E-state index contributed by atoms with van der Waals surface area (Å²) in [7, 11) is 0. The minimum atomic E-state index is -0.0743. The van der Waals surface area contributed by atoms with Gasteiger partial charge in [0, 0.05) is 40.8 Å². The fourth-order valence-electron chi connectivity index (χ4n) is 3.82. The number of anilines is 3. The van der Waals surface area contributed by atoms with Crippen LogP contribution < -0.4 is 16.4 Å². The minimum absolute atomic E-state index is 0.0743. The molecular formula is C27H26N6O. The molecule has 2 aliphatic carbocycles. The molecule has 1 saturated carbocycles. The molecule has 2 aromatic heterocycles. The average Bonchev–Trinajstić information content (AvgIpc) is 3.68. The van der Waals surface area contributed by atoms with Gasteiger partial charge in [-0.1, -0.05) is 12.0 Å². The zero-order chi connectivity index (χ0) is 23.3. The molecule has 2 aliphatic rings. The van der Waals surface area contributed by atoms with Gasteiger partial charge >= 0.3 is 0 Å². The van der Waals surface area contributed by atoms with E-state index in [4.69, 9.17) is 5.73 Å². The number of rotatable bonds is 5. The Morgan fingerprint density at radius 3 is 2.65 bits per heavy atom. The van der Waals surface area contributed by atoms with E-state index in [-0.39, 0.29) is 5.91 Å². The summed E-state index contributed by atoms with van der Waals surface area (Å²) in [4.78, 5) is 25.3. The van der Waals surface area contributed by atoms with Crippen LogP contribution in [0.1, 0.15) is 65.7 Å². The fourth-order valence-corrected chi connectivity index (χ4v) is 3.82. The Kier molecular flexibility index (Phi) is 6.21. The second kappa shape index (κ2) is 9.75. The lowest BCUT2D eigenvalue weighted by Crippen LogP contribution is -2.25. The van der Waals surface area contributed by atoms with Gasteiger partial charge in [0.25, 0.3) is 5.91 Å². The second-order valence-corrected chi connectivity index (χ2v) is 8.60. The molecule has 7 nitrogen and oxygen atoms in total. The first kappa shape index (κ1) is 21.7. The number of amides is 1. The lowest BCUT2D eigenvalue weighted by molar-refractivity contribution is 0.0951. The molecule has 1 fully saturated rings. The summed E-state index contributed by atoms with van der Waals surface area (Å²) in [6.45, 7) is 0. The molecule has 0 saturated heterocycles. The third-order valence-corrected chi connectivity index (χ3v) is 5.87. The number of nitrogens with two attached hydrogens (primary N) is 1. The number of allylic oxidation sites excluding steroid dienone is 2. The number of nitrogen functional groups attached to an aromatic ring is 1. The van der Waals surface area contributed by atoms with Crippen molar-refractivity contribution in [2.24, 2.45) is 0 Å². The van der Waals surface area contributed by atoms with Crippen LogP contribution in [0.2, 0.25) is 0 Å². The molecule has 0 aliphatic heterocycles. The summed E-state index contributed by atoms with van der Waals surface area (Å²) in [6.07, 6.45) is 12.3. The predicted octanol–water partition coefficient (Wildman–Crippen LogP) is 4.45. The van der Waals surface area contributed by atoms with Crippen LogP contribution in [-0.2, 0) is 0 Å². The van der Waals surface area contributed by atoms with Gasteiger partial charge in [-0.15, -0.1) is 0 Å². The van der Waals surface area contributed by atoms with E-state index in [0.29, 0.717) is 29.1 Å². The Morgan fingerprint density at radius 2 is 1.91 bits per heavy atom. The molecule has 34 heavy (non-hydrogen) atoms. The number of aromatic nitrogens is 3. The largest absolute Gasteiger partial charge is 0.383 e. The molecule has 0 atom stereocenters. The minimum Gasteiger partial charge on any atom is -0.383 e. The zero-order valence-corrected chi connectivity index (χ0v) is 18.8. The van der Waals surface area contributed by atoms with Gasteiger partial charge in [-0.2, -0.15) is 4.98 Å². The number of nitrogens with one attached hydrogen (secondary N) is 2. The molecule has 1 amide bonds. The summed E-state index contributed by atoms with van der Waals surface area (Å²) < 4.78 is 0. The molecule has 0 spiro atoms. The molecule has 5 rings (SSSR count). The lowest BCUT2D eigenvalue weighted by Gasteiger charge is -2.14. The Labute approximate surface area is 198 Å². The molecule has 2 heterocycles. The van der Waals surface area contributed by atoms with Crippen LogP contribution in [0, 0.1) is 11.8 Å². The van der Waals surface area contributed by atoms with Crippen LogP contribution in [0.5, 0.6) is 0 Å². The molecular weight excluding hydrogens is 424 g/mol. The molecule has 0 radical (unpaired) electrons. The number of hydrogen-bond acceptors (Lipinski definition) is 6. The van der Waals surface area contributed by atoms with E-state index in [1.54, 1.807) is 24.5 Å². The van der Waals surface area contributed by atoms with Crippen molar-refractivity contribution in [3.63, 3.8) is 0 Å². The van der Waals surface area contributed by atoms with E-state index in [0.717, 1.165) is 42.5 Å². The molecule has 3 aromatic rings. The van der Waals surface area contributed by atoms with Crippen molar-refractivity contribution in [2.75, 3.05) is 11.1 Å². The lowest BCUT2D eigenvalue weighted by atomic mass is 9.95. The molecule has 0 unspecified atom stereocenters. The highest BCUT2D eigenvalue weighted by Crippen LogP contribution is 2.29. The van der Waals surface area contributed by atoms with E-state index < -0.39 is 0 Å². The van der Waals surface area contributed by atoms with E-state index in [1.165, 1.54) is 18.4 Å². The number of pyridine rings is 1. The van der Waals surface area contributed by atoms with Crippen molar-refractivity contribution < 1.29 is 4.79 Å². The van der Waals surface area contributed by atoms with Crippen molar-refractivity contribution in [1.29, 1.82) is 0 Å². The highest BCUT2D eigenvalue weighted by molar-refractivity contribution is 5.94. The van der Waals surface area contributed by atoms with Gasteiger partial charge in [0.1, 0.15) is 11.5 Å². The maximum Gasteiger partial charge on any atom is 0.251 e. The van der Waals surface area contributed by atoms with E-state index >= 15 is 0 Å². The molecule has 0 bridgehead atoms. The number of hydrogen-bond donors (Lipinski definition) is 3. The van der Waals surface area contributed by atoms with Crippen LogP contribution in [0.3, 0.4) is 0 Å². The number of nitrogens with zero attached hydrogens (tertiary/aromatic N) is 3. The van der Waals surface area contributed by atoms with E-state index in [2.05, 4.69) is 43.5 Å². The van der Waals surface area contributed by atoms with E-state index in [9.17, 15) is 4.79 Å². The van der Waals surface area contributed by atoms with Gasteiger partial charge in [-0.3, -0.25) is 4.79 Å². The number of carbonyl (C=O) groups excluding carboxylic acids is 1. The maximum absolute atomic E-state index is 12.2. The third-order valence-electron chi connectivity index (χ3n) is 5.87. The summed E-state index contributed by atoms with van der Waals surface area (Å²) >= 11 is 0. The highest BCUT2D eigenvalue weighted by Gasteiger charge is 2.23. The Hall–Kier alpha value is -4.18. The standard InChI is InChI=1S/C27H26N6O/c28-25-24(19-4-2-1-3-5-19)17-30-27(33-25)32-22-9-6-18(7-10-22)8-11-23-16-20(14-15-29-23)26(34)31-21-12-13-21/h4,6-7,9-10,14-17,21H,1-3,5,12-13H2,(H,31,34)(H3,28,30,32,33). The van der Waals surface area contributed by atoms with Crippen LogP contribution in [0.25, 0.3) is 5.57 Å². The van der Waals surface area contributed by atoms with Crippen molar-refractivity contribution in [1.82, 2.24) is 20.3 Å². The first-order valence-electron chi connectivity index (χ1n) is 11.6. The topological polar surface area (TPSA) is 106 Å². The van der Waals surface area contributed by atoms with Crippen molar-refractivity contribution in [3.05, 3.63) is 77.3 Å². The van der Waals surface area contributed by atoms with Gasteiger partial charge in [-0.05, 0) is 86.4 Å². The second-order valence-electron chi connectivity index (χ2n) is 8.60. The summed E-state index contributed by atoms with van der Waals surface area (Å²) in [5.74, 6) is 7.01. The average molecular weight is 451 g/mol. The summed E-state index contributed by atoms with van der Waals surface area (Å²) in [6, 6.07) is 11.4. The fraction of sp³-hybridized carbons (Fsp3) is 0.259. The summed E-state index contributed by atoms with van der Waals surface area (Å²) in [5.41, 5.74) is 11.2. The van der Waals surface area contributed by atoms with Gasteiger partial charge < -0.3 is 16.4 Å².